The quantitative estimate of drug-likeness (QED) is 0.800. The van der Waals surface area contributed by atoms with Crippen LogP contribution in [0.2, 0.25) is 0 Å². The minimum atomic E-state index is 0.411. The second kappa shape index (κ2) is 6.03. The Hall–Kier alpha value is -0.910. The van der Waals surface area contributed by atoms with Crippen LogP contribution in [0, 0.1) is 13.8 Å². The number of halogens is 1. The Bertz CT molecular complexity index is 600. The van der Waals surface area contributed by atoms with Crippen molar-refractivity contribution >= 4 is 50.2 Å². The van der Waals surface area contributed by atoms with Crippen molar-refractivity contribution in [3.63, 3.8) is 0 Å². The summed E-state index contributed by atoms with van der Waals surface area (Å²) < 4.78 is 1.01. The molecule has 0 aliphatic rings. The number of nitrogens with one attached hydrogen (secondary N) is 1. The highest BCUT2D eigenvalue weighted by Crippen LogP contribution is 2.25. The predicted molar refractivity (Wildman–Crippen MR) is 91.1 cm³/mol. The molecule has 19 heavy (non-hydrogen) atoms. The first-order valence-corrected chi connectivity index (χ1v) is 7.88. The van der Waals surface area contributed by atoms with Crippen molar-refractivity contribution in [2.24, 2.45) is 5.73 Å². The molecule has 1 aromatic carbocycles. The third-order valence-electron chi connectivity index (χ3n) is 2.92. The van der Waals surface area contributed by atoms with Crippen molar-refractivity contribution in [2.75, 3.05) is 5.32 Å². The lowest BCUT2D eigenvalue weighted by Crippen LogP contribution is -2.13. The maximum Gasteiger partial charge on any atom is 0.106 e. The van der Waals surface area contributed by atoms with Gasteiger partial charge in [-0.25, -0.2) is 0 Å². The van der Waals surface area contributed by atoms with E-state index in [1.54, 1.807) is 0 Å². The molecule has 100 valence electrons. The SMILES string of the molecule is Cc1cc(CNc2cc(Br)ccc2C(N)=S)sc1C. The van der Waals surface area contributed by atoms with Crippen molar-refractivity contribution in [2.45, 2.75) is 20.4 Å². The smallest absolute Gasteiger partial charge is 0.106 e. The topological polar surface area (TPSA) is 38.0 Å². The number of hydrogen-bond acceptors (Lipinski definition) is 3. The first-order valence-electron chi connectivity index (χ1n) is 5.86. The molecule has 0 aliphatic carbocycles. The molecule has 0 fully saturated rings. The normalized spacial score (nSPS) is 10.5. The molecule has 1 aromatic heterocycles. The first kappa shape index (κ1) is 14.5. The van der Waals surface area contributed by atoms with Crippen molar-refractivity contribution < 1.29 is 0 Å². The Morgan fingerprint density at radius 2 is 2.11 bits per heavy atom. The zero-order chi connectivity index (χ0) is 14.0. The molecule has 2 aromatic rings. The molecule has 0 saturated heterocycles. The van der Waals surface area contributed by atoms with Gasteiger partial charge in [-0.15, -0.1) is 11.3 Å². The monoisotopic (exact) mass is 354 g/mol. The van der Waals surface area contributed by atoms with Gasteiger partial charge in [0, 0.05) is 32.0 Å². The molecule has 0 atom stereocenters. The Kier molecular flexibility index (Phi) is 4.60. The number of thiocarbonyl (C=S) groups is 1. The van der Waals surface area contributed by atoms with Gasteiger partial charge in [0.15, 0.2) is 0 Å². The number of aryl methyl sites for hydroxylation is 2. The van der Waals surface area contributed by atoms with Gasteiger partial charge in [0.05, 0.1) is 0 Å². The predicted octanol–water partition coefficient (Wildman–Crippen LogP) is 4.37. The summed E-state index contributed by atoms with van der Waals surface area (Å²) in [4.78, 5) is 3.08. The van der Waals surface area contributed by atoms with E-state index in [0.717, 1.165) is 22.3 Å². The second-order valence-electron chi connectivity index (χ2n) is 4.36. The highest BCUT2D eigenvalue weighted by atomic mass is 79.9. The number of rotatable bonds is 4. The van der Waals surface area contributed by atoms with E-state index in [1.807, 2.05) is 29.5 Å². The number of benzene rings is 1. The maximum absolute atomic E-state index is 5.74. The second-order valence-corrected chi connectivity index (χ2v) is 7.06. The lowest BCUT2D eigenvalue weighted by molar-refractivity contribution is 1.18. The highest BCUT2D eigenvalue weighted by molar-refractivity contribution is 9.10. The van der Waals surface area contributed by atoms with Gasteiger partial charge in [-0.05, 0) is 43.7 Å². The first-order chi connectivity index (χ1) is 8.97. The van der Waals surface area contributed by atoms with E-state index in [2.05, 4.69) is 41.2 Å². The van der Waals surface area contributed by atoms with Crippen molar-refractivity contribution in [3.05, 3.63) is 49.6 Å². The Balaban J connectivity index is 2.19. The van der Waals surface area contributed by atoms with Crippen LogP contribution in [-0.2, 0) is 6.54 Å². The molecule has 1 heterocycles. The van der Waals surface area contributed by atoms with Crippen LogP contribution in [0.3, 0.4) is 0 Å². The van der Waals surface area contributed by atoms with Crippen LogP contribution in [-0.4, -0.2) is 4.99 Å². The van der Waals surface area contributed by atoms with Gasteiger partial charge in [-0.1, -0.05) is 28.1 Å². The zero-order valence-electron chi connectivity index (χ0n) is 10.8. The Labute approximate surface area is 131 Å². The van der Waals surface area contributed by atoms with Gasteiger partial charge in [0.2, 0.25) is 0 Å². The van der Waals surface area contributed by atoms with Crippen LogP contribution < -0.4 is 11.1 Å². The molecule has 0 unspecified atom stereocenters. The average molecular weight is 355 g/mol. The molecule has 0 aliphatic heterocycles. The van der Waals surface area contributed by atoms with E-state index in [9.17, 15) is 0 Å². The van der Waals surface area contributed by atoms with Gasteiger partial charge >= 0.3 is 0 Å². The number of thiophene rings is 1. The number of hydrogen-bond donors (Lipinski definition) is 2. The summed E-state index contributed by atoms with van der Waals surface area (Å²) in [6, 6.07) is 8.09. The molecule has 0 amide bonds. The number of nitrogens with two attached hydrogens (primary N) is 1. The molecule has 2 rings (SSSR count). The molecular formula is C14H15BrN2S2. The fourth-order valence-corrected chi connectivity index (χ4v) is 3.33. The van der Waals surface area contributed by atoms with Crippen LogP contribution in [0.25, 0.3) is 0 Å². The largest absolute Gasteiger partial charge is 0.389 e. The standard InChI is InChI=1S/C14H15BrN2S2/c1-8-5-11(19-9(8)2)7-17-13-6-10(15)3-4-12(13)14(16)18/h3-6,17H,7H2,1-2H3,(H2,16,18). The van der Waals surface area contributed by atoms with E-state index < -0.39 is 0 Å². The van der Waals surface area contributed by atoms with E-state index in [0.29, 0.717) is 4.99 Å². The van der Waals surface area contributed by atoms with Crippen LogP contribution in [0.15, 0.2) is 28.7 Å². The van der Waals surface area contributed by atoms with Gasteiger partial charge in [-0.2, -0.15) is 0 Å². The third kappa shape index (κ3) is 3.55. The minimum Gasteiger partial charge on any atom is -0.389 e. The molecule has 2 nitrogen and oxygen atoms in total. The lowest BCUT2D eigenvalue weighted by Gasteiger charge is -2.11. The minimum absolute atomic E-state index is 0.411. The fourth-order valence-electron chi connectivity index (χ4n) is 1.80. The van der Waals surface area contributed by atoms with E-state index in [1.165, 1.54) is 15.3 Å². The van der Waals surface area contributed by atoms with E-state index >= 15 is 0 Å². The summed E-state index contributed by atoms with van der Waals surface area (Å²) in [6.45, 7) is 5.06. The Morgan fingerprint density at radius 3 is 2.68 bits per heavy atom. The summed E-state index contributed by atoms with van der Waals surface area (Å²) in [5.74, 6) is 0. The fraction of sp³-hybridized carbons (Fsp3) is 0.214. The maximum atomic E-state index is 5.74. The average Bonchev–Trinajstić information content (AvgIpc) is 2.66. The van der Waals surface area contributed by atoms with Crippen LogP contribution >= 0.6 is 39.5 Å². The van der Waals surface area contributed by atoms with Crippen LogP contribution in [0.5, 0.6) is 0 Å². The molecule has 0 spiro atoms. The van der Waals surface area contributed by atoms with Crippen LogP contribution in [0.4, 0.5) is 5.69 Å². The van der Waals surface area contributed by atoms with Crippen LogP contribution in [0.1, 0.15) is 20.9 Å². The van der Waals surface area contributed by atoms with Gasteiger partial charge < -0.3 is 11.1 Å². The third-order valence-corrected chi connectivity index (χ3v) is 4.78. The summed E-state index contributed by atoms with van der Waals surface area (Å²) in [6.07, 6.45) is 0. The summed E-state index contributed by atoms with van der Waals surface area (Å²) in [5.41, 5.74) is 8.92. The highest BCUT2D eigenvalue weighted by Gasteiger charge is 2.07. The van der Waals surface area contributed by atoms with E-state index in [4.69, 9.17) is 18.0 Å². The van der Waals surface area contributed by atoms with Gasteiger partial charge in [0.25, 0.3) is 0 Å². The zero-order valence-corrected chi connectivity index (χ0v) is 14.0. The number of anilines is 1. The molecular weight excluding hydrogens is 340 g/mol. The van der Waals surface area contributed by atoms with Crippen molar-refractivity contribution in [3.8, 4) is 0 Å². The molecule has 0 saturated carbocycles. The molecule has 0 bridgehead atoms. The molecule has 5 heteroatoms. The Morgan fingerprint density at radius 1 is 1.37 bits per heavy atom. The van der Waals surface area contributed by atoms with Crippen molar-refractivity contribution in [1.29, 1.82) is 0 Å². The lowest BCUT2D eigenvalue weighted by atomic mass is 10.1. The molecule has 3 N–H and O–H groups in total. The molecule has 0 radical (unpaired) electrons. The summed E-state index contributed by atoms with van der Waals surface area (Å²) in [7, 11) is 0. The summed E-state index contributed by atoms with van der Waals surface area (Å²) in [5, 5.41) is 3.41. The van der Waals surface area contributed by atoms with E-state index in [-0.39, 0.29) is 0 Å². The van der Waals surface area contributed by atoms with Gasteiger partial charge in [0.1, 0.15) is 4.99 Å². The van der Waals surface area contributed by atoms with Crippen molar-refractivity contribution in [1.82, 2.24) is 0 Å². The van der Waals surface area contributed by atoms with Gasteiger partial charge in [-0.3, -0.25) is 0 Å². The summed E-state index contributed by atoms with van der Waals surface area (Å²) >= 11 is 10.4.